The lowest BCUT2D eigenvalue weighted by Gasteiger charge is -2.33. The van der Waals surface area contributed by atoms with Crippen LogP contribution in [0.25, 0.3) is 22.4 Å². The molecule has 4 aromatic rings. The van der Waals surface area contributed by atoms with Gasteiger partial charge in [-0.05, 0) is 37.1 Å². The van der Waals surface area contributed by atoms with Gasteiger partial charge in [-0.3, -0.25) is 9.97 Å². The zero-order chi connectivity index (χ0) is 25.1. The molecule has 6 rings (SSSR count). The Kier molecular flexibility index (Phi) is 5.36. The van der Waals surface area contributed by atoms with Crippen molar-refractivity contribution in [2.75, 3.05) is 13.1 Å². The Morgan fingerprint density at radius 1 is 1.00 bits per heavy atom. The van der Waals surface area contributed by atoms with Crippen LogP contribution >= 0.6 is 11.6 Å². The second-order valence-corrected chi connectivity index (χ2v) is 10.8. The van der Waals surface area contributed by atoms with Gasteiger partial charge in [0, 0.05) is 49.4 Å². The van der Waals surface area contributed by atoms with Crippen molar-refractivity contribution < 1.29 is 26.7 Å². The van der Waals surface area contributed by atoms with Crippen molar-refractivity contribution >= 4 is 32.7 Å². The molecule has 2 aliphatic heterocycles. The van der Waals surface area contributed by atoms with Gasteiger partial charge in [0.15, 0.2) is 11.5 Å². The third-order valence-corrected chi connectivity index (χ3v) is 8.50. The summed E-state index contributed by atoms with van der Waals surface area (Å²) in [6.07, 6.45) is 3.74. The lowest BCUT2D eigenvalue weighted by molar-refractivity contribution is -0.286. The van der Waals surface area contributed by atoms with E-state index in [-0.39, 0.29) is 35.5 Å². The van der Waals surface area contributed by atoms with Crippen LogP contribution in [0.5, 0.6) is 11.5 Å². The maximum absolute atomic E-state index is 13.4. The molecule has 5 heterocycles. The standard InChI is InChI=1S/C23H18ClF2N5O4S/c24-17-12-27-7-3-16(17)22-29-18-13-28-8-4-19(18)31(22)14-5-9-30(10-6-14)36(32,33)15-1-2-20-21(11-15)35-23(25,26)34-20/h1-4,7-8,11-14H,5-6,9-10H2. The van der Waals surface area contributed by atoms with Crippen molar-refractivity contribution in [2.45, 2.75) is 30.1 Å². The summed E-state index contributed by atoms with van der Waals surface area (Å²) in [6, 6.07) is 7.08. The van der Waals surface area contributed by atoms with Crippen molar-refractivity contribution in [3.8, 4) is 22.9 Å². The molecule has 9 nitrogen and oxygen atoms in total. The fourth-order valence-corrected chi connectivity index (χ4v) is 6.34. The van der Waals surface area contributed by atoms with Crippen molar-refractivity contribution in [3.63, 3.8) is 0 Å². The number of piperidine rings is 1. The molecule has 0 bridgehead atoms. The fourth-order valence-electron chi connectivity index (χ4n) is 4.65. The van der Waals surface area contributed by atoms with E-state index in [4.69, 9.17) is 16.6 Å². The van der Waals surface area contributed by atoms with E-state index in [0.29, 0.717) is 29.2 Å². The van der Waals surface area contributed by atoms with Gasteiger partial charge in [0.25, 0.3) is 0 Å². The first-order chi connectivity index (χ1) is 17.2. The first-order valence-electron chi connectivity index (χ1n) is 11.0. The Labute approximate surface area is 209 Å². The van der Waals surface area contributed by atoms with Gasteiger partial charge in [-0.25, -0.2) is 13.4 Å². The number of ether oxygens (including phenoxy) is 2. The molecule has 1 aromatic carbocycles. The zero-order valence-electron chi connectivity index (χ0n) is 18.5. The molecule has 1 fully saturated rings. The number of sulfonamides is 1. The van der Waals surface area contributed by atoms with Crippen LogP contribution < -0.4 is 9.47 Å². The predicted molar refractivity (Wildman–Crippen MR) is 125 cm³/mol. The van der Waals surface area contributed by atoms with E-state index >= 15 is 0 Å². The highest BCUT2D eigenvalue weighted by Crippen LogP contribution is 2.43. The van der Waals surface area contributed by atoms with Gasteiger partial charge in [0.1, 0.15) is 11.3 Å². The van der Waals surface area contributed by atoms with E-state index in [1.165, 1.54) is 16.4 Å². The number of halogens is 3. The molecule has 0 amide bonds. The Bertz CT molecular complexity index is 1590. The number of nitrogens with zero attached hydrogens (tertiary/aromatic N) is 5. The van der Waals surface area contributed by atoms with Crippen molar-refractivity contribution in [2.24, 2.45) is 0 Å². The first-order valence-corrected chi connectivity index (χ1v) is 12.9. The summed E-state index contributed by atoms with van der Waals surface area (Å²) in [4.78, 5) is 12.8. The summed E-state index contributed by atoms with van der Waals surface area (Å²) < 4.78 is 65.5. The molecule has 0 saturated carbocycles. The number of alkyl halides is 2. The van der Waals surface area contributed by atoms with Crippen molar-refractivity contribution in [1.82, 2.24) is 23.8 Å². The van der Waals surface area contributed by atoms with Crippen LogP contribution in [-0.2, 0) is 10.0 Å². The third kappa shape index (κ3) is 3.85. The van der Waals surface area contributed by atoms with Gasteiger partial charge in [-0.2, -0.15) is 4.31 Å². The summed E-state index contributed by atoms with van der Waals surface area (Å²) in [6.45, 7) is 0.456. The number of imidazole rings is 1. The van der Waals surface area contributed by atoms with Gasteiger partial charge >= 0.3 is 6.29 Å². The number of rotatable bonds is 4. The topological polar surface area (TPSA) is 99.4 Å². The summed E-state index contributed by atoms with van der Waals surface area (Å²) in [5, 5.41) is 0.454. The molecule has 0 unspecified atom stereocenters. The Morgan fingerprint density at radius 3 is 2.50 bits per heavy atom. The van der Waals surface area contributed by atoms with Crippen LogP contribution in [0.3, 0.4) is 0 Å². The van der Waals surface area contributed by atoms with Crippen LogP contribution in [0.2, 0.25) is 5.02 Å². The molecule has 2 aliphatic rings. The smallest absolute Gasteiger partial charge is 0.395 e. The normalized spacial score (nSPS) is 18.1. The fraction of sp³-hybridized carbons (Fsp3) is 0.261. The molecule has 0 aliphatic carbocycles. The molecule has 0 N–H and O–H groups in total. The van der Waals surface area contributed by atoms with Crippen molar-refractivity contribution in [1.29, 1.82) is 0 Å². The molecular formula is C23H18ClF2N5O4S. The minimum atomic E-state index is -3.94. The number of pyridine rings is 2. The van der Waals surface area contributed by atoms with Gasteiger partial charge in [-0.15, -0.1) is 8.78 Å². The molecule has 13 heteroatoms. The quantitative estimate of drug-likeness (QED) is 0.381. The van der Waals surface area contributed by atoms with Crippen LogP contribution in [0.1, 0.15) is 18.9 Å². The molecule has 186 valence electrons. The molecular weight excluding hydrogens is 516 g/mol. The van der Waals surface area contributed by atoms with E-state index in [9.17, 15) is 17.2 Å². The first kappa shape index (κ1) is 23.1. The number of hydrogen-bond acceptors (Lipinski definition) is 7. The lowest BCUT2D eigenvalue weighted by atomic mass is 10.1. The third-order valence-electron chi connectivity index (χ3n) is 6.30. The largest absolute Gasteiger partial charge is 0.586 e. The van der Waals surface area contributed by atoms with Crippen LogP contribution in [0, 0.1) is 0 Å². The highest BCUT2D eigenvalue weighted by Gasteiger charge is 2.44. The van der Waals surface area contributed by atoms with Gasteiger partial charge < -0.3 is 14.0 Å². The minimum Gasteiger partial charge on any atom is -0.395 e. The van der Waals surface area contributed by atoms with Crippen LogP contribution in [0.15, 0.2) is 60.0 Å². The summed E-state index contributed by atoms with van der Waals surface area (Å²) in [5.74, 6) is 0.137. The Hall–Kier alpha value is -3.35. The lowest BCUT2D eigenvalue weighted by Crippen LogP contribution is -2.39. The Balaban J connectivity index is 1.29. The maximum Gasteiger partial charge on any atom is 0.586 e. The van der Waals surface area contributed by atoms with E-state index in [0.717, 1.165) is 17.1 Å². The van der Waals surface area contributed by atoms with Gasteiger partial charge in [0.05, 0.1) is 21.6 Å². The summed E-state index contributed by atoms with van der Waals surface area (Å²) in [7, 11) is -3.94. The van der Waals surface area contributed by atoms with E-state index in [1.807, 2.05) is 6.07 Å². The average Bonchev–Trinajstić information content (AvgIpc) is 3.39. The van der Waals surface area contributed by atoms with Crippen LogP contribution in [0.4, 0.5) is 8.78 Å². The number of benzene rings is 1. The van der Waals surface area contributed by atoms with Crippen molar-refractivity contribution in [3.05, 3.63) is 60.1 Å². The maximum atomic E-state index is 13.4. The monoisotopic (exact) mass is 533 g/mol. The highest BCUT2D eigenvalue weighted by atomic mass is 35.5. The Morgan fingerprint density at radius 2 is 1.72 bits per heavy atom. The highest BCUT2D eigenvalue weighted by molar-refractivity contribution is 7.89. The van der Waals surface area contributed by atoms with E-state index in [1.54, 1.807) is 30.9 Å². The van der Waals surface area contributed by atoms with Crippen LogP contribution in [-0.4, -0.2) is 51.6 Å². The molecule has 0 spiro atoms. The molecule has 3 aromatic heterocycles. The van der Waals surface area contributed by atoms with Gasteiger partial charge in [0.2, 0.25) is 10.0 Å². The second-order valence-electron chi connectivity index (χ2n) is 8.44. The molecule has 0 atom stereocenters. The number of aromatic nitrogens is 4. The van der Waals surface area contributed by atoms with E-state index in [2.05, 4.69) is 24.0 Å². The average molecular weight is 534 g/mol. The minimum absolute atomic E-state index is 0.0569. The number of fused-ring (bicyclic) bond motifs is 2. The summed E-state index contributed by atoms with van der Waals surface area (Å²) >= 11 is 6.42. The molecule has 0 radical (unpaired) electrons. The molecule has 1 saturated heterocycles. The molecule has 36 heavy (non-hydrogen) atoms. The SMILES string of the molecule is O=S(=O)(c1ccc2c(c1)OC(F)(F)O2)N1CCC(n2c(-c3ccncc3Cl)nc3cnccc32)CC1. The second kappa shape index (κ2) is 8.36. The number of hydrogen-bond donors (Lipinski definition) is 0. The van der Waals surface area contributed by atoms with Gasteiger partial charge in [-0.1, -0.05) is 11.6 Å². The zero-order valence-corrected chi connectivity index (χ0v) is 20.1. The predicted octanol–water partition coefficient (Wildman–Crippen LogP) is 4.49. The summed E-state index contributed by atoms with van der Waals surface area (Å²) in [5.41, 5.74) is 2.29. The van der Waals surface area contributed by atoms with E-state index < -0.39 is 16.3 Å².